The van der Waals surface area contributed by atoms with Gasteiger partial charge in [-0.2, -0.15) is 5.10 Å². The summed E-state index contributed by atoms with van der Waals surface area (Å²) in [7, 11) is 3.39. The van der Waals surface area contributed by atoms with Crippen LogP contribution in [0.25, 0.3) is 5.57 Å². The van der Waals surface area contributed by atoms with Gasteiger partial charge in [0.2, 0.25) is 0 Å². The van der Waals surface area contributed by atoms with Crippen LogP contribution in [0.5, 0.6) is 0 Å². The second kappa shape index (κ2) is 7.70. The number of amides is 2. The molecule has 0 spiro atoms. The molecule has 2 heterocycles. The Morgan fingerprint density at radius 3 is 2.77 bits per heavy atom. The molecule has 0 radical (unpaired) electrons. The number of carbonyl (C=O) groups excluding carboxylic acids is 2. The number of nitro groups is 1. The fourth-order valence-corrected chi connectivity index (χ4v) is 2.48. The van der Waals surface area contributed by atoms with Crippen molar-refractivity contribution in [3.63, 3.8) is 0 Å². The van der Waals surface area contributed by atoms with Crippen LogP contribution in [0.4, 0.5) is 5.69 Å². The third-order valence-corrected chi connectivity index (χ3v) is 3.62. The molecule has 2 amide bonds. The smallest absolute Gasteiger partial charge is 0.314 e. The fraction of sp³-hybridized carbons (Fsp3) is 0.200. The molecule has 0 aromatic carbocycles. The molecule has 10 nitrogen and oxygen atoms in total. The van der Waals surface area contributed by atoms with Gasteiger partial charge in [0.15, 0.2) is 5.11 Å². The Morgan fingerprint density at radius 1 is 1.50 bits per heavy atom. The molecule has 1 aromatic rings. The number of nitrogens with zero attached hydrogens (tertiary/aromatic N) is 4. The number of nitrogens with one attached hydrogen (secondary N) is 2. The minimum atomic E-state index is -0.688. The van der Waals surface area contributed by atoms with E-state index in [1.54, 1.807) is 19.0 Å². The van der Waals surface area contributed by atoms with Crippen molar-refractivity contribution in [1.29, 1.82) is 0 Å². The van der Waals surface area contributed by atoms with Gasteiger partial charge in [-0.1, -0.05) is 6.08 Å². The summed E-state index contributed by atoms with van der Waals surface area (Å²) >= 11 is 4.99. The van der Waals surface area contributed by atoms with Gasteiger partial charge in [-0.25, -0.2) is 0 Å². The van der Waals surface area contributed by atoms with Crippen LogP contribution in [0.1, 0.15) is 5.69 Å². The van der Waals surface area contributed by atoms with Crippen LogP contribution in [0.15, 0.2) is 36.7 Å². The minimum Gasteiger partial charge on any atom is -0.383 e. The number of hydrogen-bond acceptors (Lipinski definition) is 7. The molecule has 0 unspecified atom stereocenters. The number of aromatic amines is 1. The third kappa shape index (κ3) is 3.83. The number of thiocarbonyl (C=S) groups is 1. The molecule has 1 fully saturated rings. The van der Waals surface area contributed by atoms with Gasteiger partial charge in [-0.15, -0.1) is 6.58 Å². The zero-order valence-electron chi connectivity index (χ0n) is 14.1. The van der Waals surface area contributed by atoms with Crippen molar-refractivity contribution < 1.29 is 14.5 Å². The highest BCUT2D eigenvalue weighted by Crippen LogP contribution is 2.26. The number of H-pyrrole nitrogens is 1. The van der Waals surface area contributed by atoms with Gasteiger partial charge in [-0.05, 0) is 18.3 Å². The Morgan fingerprint density at radius 2 is 2.19 bits per heavy atom. The number of carbonyl (C=O) groups is 2. The molecule has 1 aromatic heterocycles. The first kappa shape index (κ1) is 19.0. The molecule has 136 valence electrons. The Hall–Kier alpha value is -3.34. The Bertz CT molecular complexity index is 854. The lowest BCUT2D eigenvalue weighted by Crippen LogP contribution is -2.53. The van der Waals surface area contributed by atoms with Gasteiger partial charge in [-0.3, -0.25) is 35.0 Å². The van der Waals surface area contributed by atoms with E-state index in [0.717, 1.165) is 6.20 Å². The molecule has 11 heteroatoms. The Balaban J connectivity index is 2.55. The van der Waals surface area contributed by atoms with E-state index in [0.29, 0.717) is 0 Å². The van der Waals surface area contributed by atoms with Crippen LogP contribution in [-0.4, -0.2) is 62.5 Å². The summed E-state index contributed by atoms with van der Waals surface area (Å²) in [5.74, 6) is -1.31. The number of rotatable bonds is 6. The average Bonchev–Trinajstić information content (AvgIpc) is 3.03. The van der Waals surface area contributed by atoms with E-state index < -0.39 is 16.7 Å². The molecule has 26 heavy (non-hydrogen) atoms. The summed E-state index contributed by atoms with van der Waals surface area (Å²) in [5, 5.41) is 19.8. The first-order valence-corrected chi connectivity index (χ1v) is 7.73. The largest absolute Gasteiger partial charge is 0.383 e. The molecule has 0 bridgehead atoms. The lowest BCUT2D eigenvalue weighted by molar-refractivity contribution is -0.385. The van der Waals surface area contributed by atoms with Crippen LogP contribution >= 0.6 is 12.2 Å². The molecular weight excluding hydrogens is 360 g/mol. The van der Waals surface area contributed by atoms with E-state index in [2.05, 4.69) is 22.1 Å². The van der Waals surface area contributed by atoms with Crippen molar-refractivity contribution in [3.8, 4) is 0 Å². The average molecular weight is 376 g/mol. The van der Waals surface area contributed by atoms with Gasteiger partial charge in [0, 0.05) is 32.4 Å². The summed E-state index contributed by atoms with van der Waals surface area (Å²) in [4.78, 5) is 38.2. The molecule has 2 N–H and O–H groups in total. The van der Waals surface area contributed by atoms with Crippen molar-refractivity contribution in [2.75, 3.05) is 20.6 Å². The minimum absolute atomic E-state index is 0.0253. The van der Waals surface area contributed by atoms with E-state index in [1.165, 1.54) is 23.3 Å². The molecule has 0 saturated carbocycles. The van der Waals surface area contributed by atoms with Gasteiger partial charge >= 0.3 is 5.69 Å². The summed E-state index contributed by atoms with van der Waals surface area (Å²) in [5.41, 5.74) is -0.182. The lowest BCUT2D eigenvalue weighted by Gasteiger charge is -2.27. The van der Waals surface area contributed by atoms with Crippen LogP contribution in [-0.2, 0) is 9.59 Å². The summed E-state index contributed by atoms with van der Waals surface area (Å²) in [6, 6.07) is 0. The maximum Gasteiger partial charge on any atom is 0.314 e. The van der Waals surface area contributed by atoms with Gasteiger partial charge < -0.3 is 4.90 Å². The summed E-state index contributed by atoms with van der Waals surface area (Å²) < 4.78 is 0. The summed E-state index contributed by atoms with van der Waals surface area (Å²) in [6.45, 7) is 3.67. The van der Waals surface area contributed by atoms with Gasteiger partial charge in [0.1, 0.15) is 17.5 Å². The quantitative estimate of drug-likeness (QED) is 0.186. The second-order valence-corrected chi connectivity index (χ2v) is 5.84. The predicted molar refractivity (Wildman–Crippen MR) is 97.6 cm³/mol. The second-order valence-electron chi connectivity index (χ2n) is 5.46. The van der Waals surface area contributed by atoms with Crippen LogP contribution in [0.3, 0.4) is 0 Å². The van der Waals surface area contributed by atoms with Crippen molar-refractivity contribution in [2.24, 2.45) is 0 Å². The van der Waals surface area contributed by atoms with Crippen molar-refractivity contribution in [3.05, 3.63) is 52.5 Å². The van der Waals surface area contributed by atoms with E-state index in [-0.39, 0.29) is 34.2 Å². The highest BCUT2D eigenvalue weighted by Gasteiger charge is 2.33. The standard InChI is InChI=1S/C15H16N6O4S/c1-4-5-20-14(23)10(13(22)17-15(20)26)6-9(8-19(2)3)12-11(21(24)25)7-16-18-12/h4,6-8H,1,5H2,2-3H3,(H,16,18)(H,17,22,26). The van der Waals surface area contributed by atoms with E-state index in [1.807, 2.05) is 0 Å². The topological polar surface area (TPSA) is 124 Å². The van der Waals surface area contributed by atoms with Crippen LogP contribution in [0.2, 0.25) is 0 Å². The molecule has 1 aliphatic rings. The van der Waals surface area contributed by atoms with E-state index in [4.69, 9.17) is 12.2 Å². The normalized spacial score (nSPS) is 16.7. The highest BCUT2D eigenvalue weighted by atomic mass is 32.1. The van der Waals surface area contributed by atoms with Crippen LogP contribution < -0.4 is 5.32 Å². The van der Waals surface area contributed by atoms with Crippen molar-refractivity contribution in [1.82, 2.24) is 25.3 Å². The predicted octanol–water partition coefficient (Wildman–Crippen LogP) is 0.576. The summed E-state index contributed by atoms with van der Waals surface area (Å²) in [6.07, 6.45) is 5.31. The zero-order chi connectivity index (χ0) is 19.4. The van der Waals surface area contributed by atoms with Crippen molar-refractivity contribution >= 4 is 40.4 Å². The molecule has 0 aliphatic carbocycles. The van der Waals surface area contributed by atoms with E-state index in [9.17, 15) is 19.7 Å². The van der Waals surface area contributed by atoms with Crippen LogP contribution in [0, 0.1) is 10.1 Å². The molecular formula is C15H16N6O4S. The maximum absolute atomic E-state index is 12.6. The zero-order valence-corrected chi connectivity index (χ0v) is 14.9. The molecule has 0 atom stereocenters. The van der Waals surface area contributed by atoms with Crippen molar-refractivity contribution in [2.45, 2.75) is 0 Å². The molecule has 2 rings (SSSR count). The Labute approximate surface area is 154 Å². The molecule has 1 aliphatic heterocycles. The monoisotopic (exact) mass is 376 g/mol. The lowest BCUT2D eigenvalue weighted by atomic mass is 10.1. The highest BCUT2D eigenvalue weighted by molar-refractivity contribution is 7.80. The first-order valence-electron chi connectivity index (χ1n) is 7.32. The van der Waals surface area contributed by atoms with Gasteiger partial charge in [0.05, 0.1) is 4.92 Å². The number of hydrogen-bond donors (Lipinski definition) is 2. The molecule has 1 saturated heterocycles. The first-order chi connectivity index (χ1) is 12.3. The number of allylic oxidation sites excluding steroid dienone is 2. The third-order valence-electron chi connectivity index (χ3n) is 3.30. The fourth-order valence-electron chi connectivity index (χ4n) is 2.23. The van der Waals surface area contributed by atoms with Gasteiger partial charge in [0.25, 0.3) is 11.8 Å². The number of aromatic nitrogens is 2. The Kier molecular flexibility index (Phi) is 5.62. The SMILES string of the molecule is C=CCN1C(=O)C(=CC(=CN(C)C)c2[nH]ncc2[N+](=O)[O-])C(=O)NC1=S. The van der Waals surface area contributed by atoms with E-state index >= 15 is 0 Å². The maximum atomic E-state index is 12.6.